The molecule has 0 saturated heterocycles. The summed E-state index contributed by atoms with van der Waals surface area (Å²) in [6.45, 7) is 2.92. The zero-order chi connectivity index (χ0) is 14.2. The van der Waals surface area contributed by atoms with Crippen molar-refractivity contribution in [2.45, 2.75) is 19.5 Å². The Hall–Kier alpha value is -2.26. The van der Waals surface area contributed by atoms with E-state index < -0.39 is 0 Å². The fraction of sp³-hybridized carbons (Fsp3) is 0.222. The van der Waals surface area contributed by atoms with Crippen molar-refractivity contribution in [1.29, 1.82) is 0 Å². The van der Waals surface area contributed by atoms with E-state index in [9.17, 15) is 0 Å². The Labute approximate surface area is 124 Å². The van der Waals surface area contributed by atoms with Crippen molar-refractivity contribution >= 4 is 16.7 Å². The summed E-state index contributed by atoms with van der Waals surface area (Å²) in [4.78, 5) is 2.46. The van der Waals surface area contributed by atoms with Gasteiger partial charge in [0.25, 0.3) is 0 Å². The molecule has 21 heavy (non-hydrogen) atoms. The number of fused-ring (bicyclic) bond motifs is 2. The molecule has 1 aliphatic rings. The van der Waals surface area contributed by atoms with E-state index in [-0.39, 0.29) is 0 Å². The Bertz CT molecular complexity index is 791. The van der Waals surface area contributed by atoms with Crippen LogP contribution in [-0.4, -0.2) is 11.4 Å². The van der Waals surface area contributed by atoms with E-state index in [2.05, 4.69) is 23.1 Å². The summed E-state index contributed by atoms with van der Waals surface area (Å²) in [7, 11) is 0. The number of hydrogen-bond acceptors (Lipinski definition) is 3. The molecule has 0 fully saturated rings. The number of para-hydroxylation sites is 1. The zero-order valence-corrected chi connectivity index (χ0v) is 11.9. The smallest absolute Gasteiger partial charge is 0.134 e. The summed E-state index contributed by atoms with van der Waals surface area (Å²) in [6, 6.07) is 14.5. The minimum Gasteiger partial charge on any atom is -0.464 e. The summed E-state index contributed by atoms with van der Waals surface area (Å²) in [5.74, 6) is 0. The first-order valence-corrected chi connectivity index (χ1v) is 7.35. The van der Waals surface area contributed by atoms with Gasteiger partial charge in [-0.15, -0.1) is 0 Å². The zero-order valence-electron chi connectivity index (χ0n) is 11.9. The third-order valence-corrected chi connectivity index (χ3v) is 4.34. The van der Waals surface area contributed by atoms with E-state index in [0.29, 0.717) is 0 Å². The van der Waals surface area contributed by atoms with Crippen LogP contribution in [-0.2, 0) is 19.5 Å². The van der Waals surface area contributed by atoms with Gasteiger partial charge in [-0.25, -0.2) is 0 Å². The second-order valence-corrected chi connectivity index (χ2v) is 5.70. The fourth-order valence-corrected chi connectivity index (χ4v) is 3.23. The van der Waals surface area contributed by atoms with Crippen LogP contribution in [0.2, 0.25) is 0 Å². The molecule has 2 aromatic carbocycles. The van der Waals surface area contributed by atoms with E-state index in [1.807, 2.05) is 30.5 Å². The summed E-state index contributed by atoms with van der Waals surface area (Å²) >= 11 is 0. The molecule has 4 rings (SSSR count). The monoisotopic (exact) mass is 278 g/mol. The maximum Gasteiger partial charge on any atom is 0.134 e. The molecule has 3 heteroatoms. The Morgan fingerprint density at radius 3 is 2.95 bits per heavy atom. The quantitative estimate of drug-likeness (QED) is 0.729. The Balaban J connectivity index is 1.59. The highest BCUT2D eigenvalue weighted by Crippen LogP contribution is 2.27. The first-order chi connectivity index (χ1) is 10.3. The maximum atomic E-state index is 6.06. The number of benzene rings is 2. The molecule has 1 aliphatic heterocycles. The molecular weight excluding hydrogens is 260 g/mol. The second kappa shape index (κ2) is 4.93. The van der Waals surface area contributed by atoms with Crippen LogP contribution in [0.5, 0.6) is 0 Å². The SMILES string of the molecule is Nc1cccc2c1CCN(Cc1coc3ccccc13)C2. The maximum absolute atomic E-state index is 6.06. The van der Waals surface area contributed by atoms with Crippen molar-refractivity contribution in [3.05, 3.63) is 65.4 Å². The normalized spacial score (nSPS) is 15.2. The Morgan fingerprint density at radius 2 is 2.00 bits per heavy atom. The molecule has 0 radical (unpaired) electrons. The van der Waals surface area contributed by atoms with Gasteiger partial charge in [-0.1, -0.05) is 30.3 Å². The van der Waals surface area contributed by atoms with Crippen LogP contribution in [0.4, 0.5) is 5.69 Å². The van der Waals surface area contributed by atoms with Crippen molar-refractivity contribution in [3.63, 3.8) is 0 Å². The highest BCUT2D eigenvalue weighted by atomic mass is 16.3. The fourth-order valence-electron chi connectivity index (χ4n) is 3.23. The second-order valence-electron chi connectivity index (χ2n) is 5.70. The van der Waals surface area contributed by atoms with Gasteiger partial charge in [0.2, 0.25) is 0 Å². The van der Waals surface area contributed by atoms with Gasteiger partial charge in [0.05, 0.1) is 6.26 Å². The molecule has 3 aromatic rings. The largest absolute Gasteiger partial charge is 0.464 e. The van der Waals surface area contributed by atoms with Gasteiger partial charge >= 0.3 is 0 Å². The van der Waals surface area contributed by atoms with Gasteiger partial charge < -0.3 is 10.2 Å². The number of furan rings is 1. The minimum absolute atomic E-state index is 0.922. The molecule has 0 spiro atoms. The summed E-state index contributed by atoms with van der Waals surface area (Å²) in [5, 5.41) is 1.22. The number of nitrogens with zero attached hydrogens (tertiary/aromatic N) is 1. The van der Waals surface area contributed by atoms with Crippen LogP contribution >= 0.6 is 0 Å². The lowest BCUT2D eigenvalue weighted by molar-refractivity contribution is 0.246. The van der Waals surface area contributed by atoms with Gasteiger partial charge in [0.1, 0.15) is 5.58 Å². The summed E-state index contributed by atoms with van der Waals surface area (Å²) < 4.78 is 5.63. The predicted octanol–water partition coefficient (Wildman–Crippen LogP) is 3.57. The lowest BCUT2D eigenvalue weighted by atomic mass is 9.97. The highest BCUT2D eigenvalue weighted by molar-refractivity contribution is 5.80. The van der Waals surface area contributed by atoms with Crippen LogP contribution < -0.4 is 5.73 Å². The van der Waals surface area contributed by atoms with E-state index in [1.54, 1.807) is 0 Å². The van der Waals surface area contributed by atoms with E-state index in [0.717, 1.165) is 37.3 Å². The molecule has 1 aromatic heterocycles. The summed E-state index contributed by atoms with van der Waals surface area (Å²) in [6.07, 6.45) is 2.91. The molecule has 2 N–H and O–H groups in total. The highest BCUT2D eigenvalue weighted by Gasteiger charge is 2.19. The number of anilines is 1. The number of hydrogen-bond donors (Lipinski definition) is 1. The predicted molar refractivity (Wildman–Crippen MR) is 84.9 cm³/mol. The average Bonchev–Trinajstić information content (AvgIpc) is 2.91. The lowest BCUT2D eigenvalue weighted by Crippen LogP contribution is -2.30. The van der Waals surface area contributed by atoms with Gasteiger partial charge in [-0.3, -0.25) is 4.90 Å². The third kappa shape index (κ3) is 2.20. The Morgan fingerprint density at radius 1 is 1.10 bits per heavy atom. The minimum atomic E-state index is 0.922. The Kier molecular flexibility index (Phi) is 2.93. The number of nitrogen functional groups attached to an aromatic ring is 1. The lowest BCUT2D eigenvalue weighted by Gasteiger charge is -2.29. The molecule has 106 valence electrons. The van der Waals surface area contributed by atoms with Crippen molar-refractivity contribution in [2.24, 2.45) is 0 Å². The van der Waals surface area contributed by atoms with Gasteiger partial charge in [-0.2, -0.15) is 0 Å². The first kappa shape index (κ1) is 12.5. The van der Waals surface area contributed by atoms with Crippen molar-refractivity contribution in [2.75, 3.05) is 12.3 Å². The number of rotatable bonds is 2. The van der Waals surface area contributed by atoms with Crippen LogP contribution in [0.3, 0.4) is 0 Å². The topological polar surface area (TPSA) is 42.4 Å². The van der Waals surface area contributed by atoms with Crippen LogP contribution in [0.1, 0.15) is 16.7 Å². The van der Waals surface area contributed by atoms with Gasteiger partial charge in [-0.05, 0) is 29.7 Å². The molecule has 0 saturated carbocycles. The van der Waals surface area contributed by atoms with Crippen molar-refractivity contribution in [3.8, 4) is 0 Å². The van der Waals surface area contributed by atoms with Gasteiger partial charge in [0.15, 0.2) is 0 Å². The third-order valence-electron chi connectivity index (χ3n) is 4.34. The number of nitrogens with two attached hydrogens (primary N) is 1. The molecule has 0 amide bonds. The molecule has 2 heterocycles. The molecular formula is C18H18N2O. The average molecular weight is 278 g/mol. The van der Waals surface area contributed by atoms with Crippen LogP contribution in [0, 0.1) is 0 Å². The standard InChI is InChI=1S/C18H18N2O/c19-17-6-3-4-13-10-20(9-8-15(13)17)11-14-12-21-18-7-2-1-5-16(14)18/h1-7,12H,8-11,19H2. The molecule has 0 bridgehead atoms. The molecule has 3 nitrogen and oxygen atoms in total. The molecule has 0 aliphatic carbocycles. The molecule has 0 atom stereocenters. The van der Waals surface area contributed by atoms with Crippen molar-refractivity contribution < 1.29 is 4.42 Å². The summed E-state index contributed by atoms with van der Waals surface area (Å²) in [5.41, 5.74) is 11.9. The van der Waals surface area contributed by atoms with Crippen LogP contribution in [0.15, 0.2) is 53.1 Å². The van der Waals surface area contributed by atoms with E-state index in [1.165, 1.54) is 22.1 Å². The molecule has 0 unspecified atom stereocenters. The van der Waals surface area contributed by atoms with Crippen molar-refractivity contribution in [1.82, 2.24) is 4.90 Å². The van der Waals surface area contributed by atoms with Gasteiger partial charge in [0, 0.05) is 36.3 Å². The van der Waals surface area contributed by atoms with E-state index in [4.69, 9.17) is 10.2 Å². The van der Waals surface area contributed by atoms with Crippen LogP contribution in [0.25, 0.3) is 11.0 Å². The first-order valence-electron chi connectivity index (χ1n) is 7.35. The van der Waals surface area contributed by atoms with E-state index >= 15 is 0 Å².